The number of hydrogen-bond donors (Lipinski definition) is 0. The molecule has 1 heterocycles. The second-order valence-electron chi connectivity index (χ2n) is 7.18. The lowest BCUT2D eigenvalue weighted by Gasteiger charge is -2.09. The van der Waals surface area contributed by atoms with Crippen molar-refractivity contribution < 1.29 is 13.2 Å². The lowest BCUT2D eigenvalue weighted by atomic mass is 10.2. The van der Waals surface area contributed by atoms with Gasteiger partial charge in [-0.2, -0.15) is 0 Å². The van der Waals surface area contributed by atoms with Crippen LogP contribution < -0.4 is 0 Å². The summed E-state index contributed by atoms with van der Waals surface area (Å²) in [6.07, 6.45) is 3.10. The van der Waals surface area contributed by atoms with Crippen LogP contribution in [0.25, 0.3) is 17.1 Å². The van der Waals surface area contributed by atoms with E-state index in [4.69, 9.17) is 21.3 Å². The molecule has 0 radical (unpaired) electrons. The van der Waals surface area contributed by atoms with Gasteiger partial charge in [-0.05, 0) is 54.1 Å². The summed E-state index contributed by atoms with van der Waals surface area (Å²) < 4.78 is 31.4. The quantitative estimate of drug-likeness (QED) is 0.381. The number of halogens is 1. The molecule has 0 atom stereocenters. The maximum atomic E-state index is 11.8. The summed E-state index contributed by atoms with van der Waals surface area (Å²) in [5.41, 5.74) is 3.56. The van der Waals surface area contributed by atoms with E-state index in [2.05, 4.69) is 0 Å². The van der Waals surface area contributed by atoms with Gasteiger partial charge in [0.2, 0.25) is 0 Å². The van der Waals surface area contributed by atoms with E-state index in [1.54, 1.807) is 24.3 Å². The monoisotopic (exact) mass is 452 g/mol. The molecule has 0 saturated carbocycles. The van der Waals surface area contributed by atoms with E-state index in [0.717, 1.165) is 28.3 Å². The van der Waals surface area contributed by atoms with Gasteiger partial charge in [0.05, 0.1) is 23.8 Å². The van der Waals surface area contributed by atoms with Crippen LogP contribution in [0, 0.1) is 0 Å². The van der Waals surface area contributed by atoms with Crippen molar-refractivity contribution in [3.05, 3.63) is 101 Å². The van der Waals surface area contributed by atoms with Crippen LogP contribution in [0.4, 0.5) is 0 Å². The first kappa shape index (κ1) is 21.3. The van der Waals surface area contributed by atoms with Gasteiger partial charge in [0.25, 0.3) is 0 Å². The molecule has 5 nitrogen and oxygen atoms in total. The molecule has 1 aromatic heterocycles. The molecule has 0 aliphatic heterocycles. The van der Waals surface area contributed by atoms with Gasteiger partial charge in [0.15, 0.2) is 9.84 Å². The molecule has 0 unspecified atom stereocenters. The third-order valence-corrected chi connectivity index (χ3v) is 6.14. The molecule has 0 saturated heterocycles. The maximum absolute atomic E-state index is 11.8. The highest BCUT2D eigenvalue weighted by atomic mass is 35.5. The van der Waals surface area contributed by atoms with Crippen LogP contribution in [0.3, 0.4) is 0 Å². The van der Waals surface area contributed by atoms with Gasteiger partial charge < -0.3 is 4.74 Å². The highest BCUT2D eigenvalue weighted by Gasteiger charge is 2.14. The van der Waals surface area contributed by atoms with Crippen LogP contribution in [0.2, 0.25) is 5.02 Å². The standard InChI is InChI=1S/C24H21ClN2O3S/c1-31(28,29)23-13-11-22(12-14-23)27-15-21(17-30-16-18-5-3-2-4-6-18)26-24(27)19-7-9-20(25)10-8-19/h2-15H,16-17H2,1H3. The minimum absolute atomic E-state index is 0.274. The largest absolute Gasteiger partial charge is 0.370 e. The summed E-state index contributed by atoms with van der Waals surface area (Å²) in [6.45, 7) is 0.844. The third-order valence-electron chi connectivity index (χ3n) is 4.76. The summed E-state index contributed by atoms with van der Waals surface area (Å²) in [4.78, 5) is 5.04. The van der Waals surface area contributed by atoms with E-state index in [1.807, 2.05) is 65.4 Å². The first-order valence-corrected chi connectivity index (χ1v) is 11.9. The van der Waals surface area contributed by atoms with Gasteiger partial charge in [-0.3, -0.25) is 4.57 Å². The van der Waals surface area contributed by atoms with Gasteiger partial charge in [-0.15, -0.1) is 0 Å². The van der Waals surface area contributed by atoms with Crippen LogP contribution >= 0.6 is 11.6 Å². The molecule has 0 aliphatic rings. The Morgan fingerprint density at radius 2 is 1.58 bits per heavy atom. The third kappa shape index (κ3) is 5.22. The minimum Gasteiger partial charge on any atom is -0.370 e. The molecular weight excluding hydrogens is 432 g/mol. The maximum Gasteiger partial charge on any atom is 0.175 e. The molecule has 3 aromatic carbocycles. The minimum atomic E-state index is -3.26. The Labute approximate surface area is 186 Å². The molecule has 4 rings (SSSR count). The molecule has 0 aliphatic carbocycles. The second-order valence-corrected chi connectivity index (χ2v) is 9.63. The fourth-order valence-electron chi connectivity index (χ4n) is 3.20. The SMILES string of the molecule is CS(=O)(=O)c1ccc(-n2cc(COCc3ccccc3)nc2-c2ccc(Cl)cc2)cc1. The van der Waals surface area contributed by atoms with Crippen LogP contribution in [0.1, 0.15) is 11.3 Å². The van der Waals surface area contributed by atoms with Gasteiger partial charge in [0, 0.05) is 28.7 Å². The predicted octanol–water partition coefficient (Wildman–Crippen LogP) is 5.31. The molecule has 4 aromatic rings. The summed E-state index contributed by atoms with van der Waals surface area (Å²) >= 11 is 6.04. The van der Waals surface area contributed by atoms with Gasteiger partial charge in [-0.1, -0.05) is 41.9 Å². The van der Waals surface area contributed by atoms with Crippen molar-refractivity contribution in [2.75, 3.05) is 6.26 Å². The molecule has 0 amide bonds. The second kappa shape index (κ2) is 9.06. The van der Waals surface area contributed by atoms with Gasteiger partial charge in [0.1, 0.15) is 5.82 Å². The fourth-order valence-corrected chi connectivity index (χ4v) is 3.96. The zero-order valence-corrected chi connectivity index (χ0v) is 18.5. The molecule has 0 bridgehead atoms. The summed E-state index contributed by atoms with van der Waals surface area (Å²) in [5.74, 6) is 0.724. The van der Waals surface area contributed by atoms with Crippen LogP contribution in [0.15, 0.2) is 90.0 Å². The normalized spacial score (nSPS) is 11.5. The number of ether oxygens (including phenoxy) is 1. The Bertz CT molecular complexity index is 1270. The van der Waals surface area contributed by atoms with Crippen molar-refractivity contribution in [2.45, 2.75) is 18.1 Å². The van der Waals surface area contributed by atoms with E-state index in [0.29, 0.717) is 18.2 Å². The van der Waals surface area contributed by atoms with E-state index in [-0.39, 0.29) is 4.90 Å². The molecular formula is C24H21ClN2O3S. The Morgan fingerprint density at radius 1 is 0.903 bits per heavy atom. The number of hydrogen-bond acceptors (Lipinski definition) is 4. The van der Waals surface area contributed by atoms with E-state index >= 15 is 0 Å². The van der Waals surface area contributed by atoms with E-state index in [1.165, 1.54) is 6.26 Å². The van der Waals surface area contributed by atoms with Crippen molar-refractivity contribution in [2.24, 2.45) is 0 Å². The van der Waals surface area contributed by atoms with Gasteiger partial charge in [-0.25, -0.2) is 13.4 Å². The number of sulfone groups is 1. The highest BCUT2D eigenvalue weighted by molar-refractivity contribution is 7.90. The zero-order valence-electron chi connectivity index (χ0n) is 16.9. The zero-order chi connectivity index (χ0) is 21.8. The topological polar surface area (TPSA) is 61.2 Å². The van der Waals surface area contributed by atoms with Crippen molar-refractivity contribution in [1.82, 2.24) is 9.55 Å². The molecule has 31 heavy (non-hydrogen) atoms. The molecule has 158 valence electrons. The van der Waals surface area contributed by atoms with E-state index < -0.39 is 9.84 Å². The Kier molecular flexibility index (Phi) is 6.23. The lowest BCUT2D eigenvalue weighted by Crippen LogP contribution is -1.99. The molecule has 7 heteroatoms. The fraction of sp³-hybridized carbons (Fsp3) is 0.125. The van der Waals surface area contributed by atoms with Gasteiger partial charge >= 0.3 is 0 Å². The van der Waals surface area contributed by atoms with Crippen LogP contribution in [-0.4, -0.2) is 24.2 Å². The van der Waals surface area contributed by atoms with Crippen molar-refractivity contribution in [3.8, 4) is 17.1 Å². The Morgan fingerprint density at radius 3 is 2.23 bits per heavy atom. The Balaban J connectivity index is 1.64. The smallest absolute Gasteiger partial charge is 0.175 e. The highest BCUT2D eigenvalue weighted by Crippen LogP contribution is 2.26. The predicted molar refractivity (Wildman–Crippen MR) is 122 cm³/mol. The average Bonchev–Trinajstić information content (AvgIpc) is 3.19. The number of imidazole rings is 1. The van der Waals surface area contributed by atoms with Crippen LogP contribution in [-0.2, 0) is 27.8 Å². The van der Waals surface area contributed by atoms with Crippen LogP contribution in [0.5, 0.6) is 0 Å². The summed E-state index contributed by atoms with van der Waals surface area (Å²) in [5, 5.41) is 0.644. The van der Waals surface area contributed by atoms with Crippen molar-refractivity contribution in [3.63, 3.8) is 0 Å². The van der Waals surface area contributed by atoms with Crippen molar-refractivity contribution in [1.29, 1.82) is 0 Å². The van der Waals surface area contributed by atoms with Crippen molar-refractivity contribution >= 4 is 21.4 Å². The number of benzene rings is 3. The molecule has 0 fully saturated rings. The average molecular weight is 453 g/mol. The molecule has 0 spiro atoms. The summed E-state index contributed by atoms with van der Waals surface area (Å²) in [7, 11) is -3.26. The lowest BCUT2D eigenvalue weighted by molar-refractivity contribution is 0.105. The first-order valence-electron chi connectivity index (χ1n) is 9.66. The molecule has 0 N–H and O–H groups in total. The first-order chi connectivity index (χ1) is 14.9. The summed E-state index contributed by atoms with van der Waals surface area (Å²) in [6, 6.07) is 24.1. The van der Waals surface area contributed by atoms with E-state index in [9.17, 15) is 8.42 Å². The number of rotatable bonds is 7. The number of nitrogens with zero attached hydrogens (tertiary/aromatic N) is 2. The number of aromatic nitrogens is 2. The Hall–Kier alpha value is -2.93.